The molecule has 0 aromatic heterocycles. The van der Waals surface area contributed by atoms with E-state index in [1.54, 1.807) is 14.2 Å². The van der Waals surface area contributed by atoms with Crippen LogP contribution in [0.1, 0.15) is 25.7 Å². The van der Waals surface area contributed by atoms with Crippen molar-refractivity contribution in [2.45, 2.75) is 25.7 Å². The predicted octanol–water partition coefficient (Wildman–Crippen LogP) is 2.07. The van der Waals surface area contributed by atoms with Crippen LogP contribution in [0.25, 0.3) is 0 Å². The summed E-state index contributed by atoms with van der Waals surface area (Å²) in [5.74, 6) is 1.00. The fourth-order valence-electron chi connectivity index (χ4n) is 2.68. The zero-order valence-corrected chi connectivity index (χ0v) is 12.2. The number of methoxy groups -OCH3 is 2. The number of hydrogen-bond donors (Lipinski definition) is 1. The molecule has 0 amide bonds. The molecule has 102 valence electrons. The molecule has 0 radical (unpaired) electrons. The molecule has 0 aromatic rings. The number of hydrogen-bond acceptors (Lipinski definition) is 4. The highest BCUT2D eigenvalue weighted by atomic mass is 32.1. The molecule has 1 aliphatic rings. The zero-order valence-electron chi connectivity index (χ0n) is 11.3. The van der Waals surface area contributed by atoms with Crippen LogP contribution in [0.3, 0.4) is 0 Å². The number of thiol groups is 1. The molecule has 1 fully saturated rings. The number of nitrogens with zero attached hydrogens (tertiary/aromatic N) is 1. The third-order valence-electron chi connectivity index (χ3n) is 3.78. The van der Waals surface area contributed by atoms with Gasteiger partial charge in [-0.25, -0.2) is 0 Å². The second-order valence-corrected chi connectivity index (χ2v) is 5.44. The lowest BCUT2D eigenvalue weighted by Gasteiger charge is -2.34. The molecule has 0 saturated heterocycles. The topological polar surface area (TPSA) is 21.7 Å². The first-order valence-electron chi connectivity index (χ1n) is 6.57. The average Bonchev–Trinajstić information content (AvgIpc) is 2.82. The first-order valence-corrected chi connectivity index (χ1v) is 7.21. The fraction of sp³-hybridized carbons (Fsp3) is 1.00. The first kappa shape index (κ1) is 15.3. The second kappa shape index (κ2) is 8.35. The Hall–Kier alpha value is 0.230. The highest BCUT2D eigenvalue weighted by Gasteiger charge is 2.34. The fourth-order valence-corrected chi connectivity index (χ4v) is 3.09. The summed E-state index contributed by atoms with van der Waals surface area (Å²) in [4.78, 5) is 2.47. The smallest absolute Gasteiger partial charge is 0.0589 e. The quantitative estimate of drug-likeness (QED) is 0.642. The van der Waals surface area contributed by atoms with Crippen molar-refractivity contribution in [1.29, 1.82) is 0 Å². The van der Waals surface area contributed by atoms with Gasteiger partial charge in [-0.05, 0) is 24.0 Å². The van der Waals surface area contributed by atoms with Crippen LogP contribution >= 0.6 is 12.6 Å². The summed E-state index contributed by atoms with van der Waals surface area (Å²) in [5, 5.41) is 0. The zero-order chi connectivity index (χ0) is 12.6. The Morgan fingerprint density at radius 2 is 1.59 bits per heavy atom. The molecule has 0 aromatic carbocycles. The molecule has 0 unspecified atom stereocenters. The lowest BCUT2D eigenvalue weighted by atomic mass is 9.88. The second-order valence-electron chi connectivity index (χ2n) is 5.13. The van der Waals surface area contributed by atoms with E-state index in [0.717, 1.165) is 38.6 Å². The van der Waals surface area contributed by atoms with Crippen molar-refractivity contribution in [3.8, 4) is 0 Å². The van der Waals surface area contributed by atoms with Gasteiger partial charge >= 0.3 is 0 Å². The standard InChI is InChI=1S/C13H27NO2S/c1-15-9-7-14(8-10-16-2)11-13(12-17)5-3-4-6-13/h17H,3-12H2,1-2H3. The molecule has 4 heteroatoms. The van der Waals surface area contributed by atoms with Gasteiger partial charge in [0.1, 0.15) is 0 Å². The Morgan fingerprint density at radius 1 is 1.06 bits per heavy atom. The van der Waals surface area contributed by atoms with Crippen LogP contribution < -0.4 is 0 Å². The summed E-state index contributed by atoms with van der Waals surface area (Å²) in [5.41, 5.74) is 0.435. The van der Waals surface area contributed by atoms with Crippen molar-refractivity contribution < 1.29 is 9.47 Å². The highest BCUT2D eigenvalue weighted by Crippen LogP contribution is 2.39. The number of ether oxygens (including phenoxy) is 2. The maximum Gasteiger partial charge on any atom is 0.0589 e. The van der Waals surface area contributed by atoms with Gasteiger partial charge in [0.2, 0.25) is 0 Å². The lowest BCUT2D eigenvalue weighted by molar-refractivity contribution is 0.0869. The molecular formula is C13H27NO2S. The van der Waals surface area contributed by atoms with Gasteiger partial charge < -0.3 is 9.47 Å². The van der Waals surface area contributed by atoms with Gasteiger partial charge in [0, 0.05) is 33.9 Å². The van der Waals surface area contributed by atoms with E-state index in [-0.39, 0.29) is 0 Å². The predicted molar refractivity (Wildman–Crippen MR) is 74.9 cm³/mol. The van der Waals surface area contributed by atoms with Crippen LogP contribution in [0.4, 0.5) is 0 Å². The molecule has 0 N–H and O–H groups in total. The Labute approximate surface area is 111 Å². The van der Waals surface area contributed by atoms with Crippen LogP contribution in [0.2, 0.25) is 0 Å². The summed E-state index contributed by atoms with van der Waals surface area (Å²) < 4.78 is 10.4. The van der Waals surface area contributed by atoms with Gasteiger partial charge in [-0.15, -0.1) is 0 Å². The van der Waals surface area contributed by atoms with Gasteiger partial charge in [0.25, 0.3) is 0 Å². The van der Waals surface area contributed by atoms with E-state index in [2.05, 4.69) is 17.5 Å². The molecule has 0 heterocycles. The largest absolute Gasteiger partial charge is 0.383 e. The molecular weight excluding hydrogens is 234 g/mol. The third-order valence-corrected chi connectivity index (χ3v) is 4.45. The molecule has 0 bridgehead atoms. The van der Waals surface area contributed by atoms with Gasteiger partial charge in [-0.1, -0.05) is 12.8 Å². The maximum absolute atomic E-state index is 5.18. The van der Waals surface area contributed by atoms with Gasteiger partial charge in [0.05, 0.1) is 13.2 Å². The van der Waals surface area contributed by atoms with Crippen LogP contribution in [0.15, 0.2) is 0 Å². The normalized spacial score (nSPS) is 19.1. The van der Waals surface area contributed by atoms with Crippen LogP contribution in [0, 0.1) is 5.41 Å². The molecule has 1 aliphatic carbocycles. The molecule has 0 aliphatic heterocycles. The van der Waals surface area contributed by atoms with Crippen molar-refractivity contribution in [2.75, 3.05) is 52.8 Å². The minimum Gasteiger partial charge on any atom is -0.383 e. The van der Waals surface area contributed by atoms with Crippen LogP contribution in [-0.2, 0) is 9.47 Å². The van der Waals surface area contributed by atoms with E-state index in [9.17, 15) is 0 Å². The molecule has 0 spiro atoms. The first-order chi connectivity index (χ1) is 8.26. The SMILES string of the molecule is COCCN(CCOC)CC1(CS)CCCC1. The lowest BCUT2D eigenvalue weighted by Crippen LogP contribution is -2.40. The average molecular weight is 261 g/mol. The summed E-state index contributed by atoms with van der Waals surface area (Å²) in [7, 11) is 3.52. The Kier molecular flexibility index (Phi) is 7.51. The van der Waals surface area contributed by atoms with Crippen LogP contribution in [-0.4, -0.2) is 57.7 Å². The van der Waals surface area contributed by atoms with E-state index < -0.39 is 0 Å². The van der Waals surface area contributed by atoms with Gasteiger partial charge in [-0.3, -0.25) is 4.90 Å². The van der Waals surface area contributed by atoms with Crippen molar-refractivity contribution in [2.24, 2.45) is 5.41 Å². The van der Waals surface area contributed by atoms with E-state index >= 15 is 0 Å². The molecule has 17 heavy (non-hydrogen) atoms. The Morgan fingerprint density at radius 3 is 2.00 bits per heavy atom. The Balaban J connectivity index is 2.44. The van der Waals surface area contributed by atoms with Gasteiger partial charge in [-0.2, -0.15) is 12.6 Å². The summed E-state index contributed by atoms with van der Waals surface area (Å²) in [6, 6.07) is 0. The van der Waals surface area contributed by atoms with E-state index in [1.165, 1.54) is 25.7 Å². The van der Waals surface area contributed by atoms with Crippen molar-refractivity contribution >= 4 is 12.6 Å². The molecule has 1 rings (SSSR count). The summed E-state index contributed by atoms with van der Waals surface area (Å²) in [6.45, 7) is 4.73. The van der Waals surface area contributed by atoms with E-state index in [4.69, 9.17) is 9.47 Å². The molecule has 3 nitrogen and oxygen atoms in total. The number of rotatable bonds is 9. The maximum atomic E-state index is 5.18. The third kappa shape index (κ3) is 5.16. The van der Waals surface area contributed by atoms with Gasteiger partial charge in [0.15, 0.2) is 0 Å². The van der Waals surface area contributed by atoms with Crippen molar-refractivity contribution in [1.82, 2.24) is 4.90 Å². The summed E-state index contributed by atoms with van der Waals surface area (Å²) in [6.07, 6.45) is 5.38. The minimum absolute atomic E-state index is 0.435. The molecule has 0 atom stereocenters. The van der Waals surface area contributed by atoms with Crippen LogP contribution in [0.5, 0.6) is 0 Å². The summed E-state index contributed by atoms with van der Waals surface area (Å²) >= 11 is 4.57. The van der Waals surface area contributed by atoms with E-state index in [0.29, 0.717) is 5.41 Å². The highest BCUT2D eigenvalue weighted by molar-refractivity contribution is 7.80. The monoisotopic (exact) mass is 261 g/mol. The molecule has 1 saturated carbocycles. The Bertz CT molecular complexity index is 188. The minimum atomic E-state index is 0.435. The van der Waals surface area contributed by atoms with Crippen molar-refractivity contribution in [3.63, 3.8) is 0 Å². The van der Waals surface area contributed by atoms with Crippen molar-refractivity contribution in [3.05, 3.63) is 0 Å². The van der Waals surface area contributed by atoms with E-state index in [1.807, 2.05) is 0 Å².